The molecule has 0 bridgehead atoms. The zero-order valence-electron chi connectivity index (χ0n) is 12.0. The van der Waals surface area contributed by atoms with Crippen molar-refractivity contribution in [1.29, 1.82) is 0 Å². The van der Waals surface area contributed by atoms with E-state index >= 15 is 0 Å². The summed E-state index contributed by atoms with van der Waals surface area (Å²) < 4.78 is 7.14. The van der Waals surface area contributed by atoms with Crippen molar-refractivity contribution in [3.05, 3.63) is 33.2 Å². The Morgan fingerprint density at radius 1 is 1.50 bits per heavy atom. The van der Waals surface area contributed by atoms with E-state index in [-0.39, 0.29) is 11.7 Å². The molecule has 1 aliphatic rings. The molecule has 0 saturated carbocycles. The van der Waals surface area contributed by atoms with Gasteiger partial charge >= 0.3 is 5.97 Å². The van der Waals surface area contributed by atoms with E-state index < -0.39 is 11.5 Å². The highest BCUT2D eigenvalue weighted by Gasteiger charge is 2.22. The number of nitrogens with zero attached hydrogens (tertiary/aromatic N) is 2. The van der Waals surface area contributed by atoms with Gasteiger partial charge in [-0.05, 0) is 32.5 Å². The van der Waals surface area contributed by atoms with E-state index in [9.17, 15) is 9.59 Å². The van der Waals surface area contributed by atoms with Gasteiger partial charge in [-0.1, -0.05) is 0 Å². The molecule has 1 saturated heterocycles. The molecule has 110 valence electrons. The molecule has 2 rings (SSSR count). The molecule has 6 heteroatoms. The van der Waals surface area contributed by atoms with Gasteiger partial charge in [-0.2, -0.15) is 0 Å². The number of likely N-dealkylation sites (N-methyl/N-ethyl adjacent to an activating group) is 1. The molecule has 1 unspecified atom stereocenters. The first-order valence-electron chi connectivity index (χ1n) is 6.64. The molecule has 1 aromatic heterocycles. The maximum atomic E-state index is 12.3. The molecule has 0 aliphatic carbocycles. The molecule has 0 amide bonds. The third-order valence-electron chi connectivity index (χ3n) is 3.65. The van der Waals surface area contributed by atoms with E-state index in [1.54, 1.807) is 13.0 Å². The molecule has 0 aromatic carbocycles. The number of carboxylic acid groups (broad SMARTS) is 1. The zero-order chi connectivity index (χ0) is 14.9. The summed E-state index contributed by atoms with van der Waals surface area (Å²) in [5.74, 6) is -1.18. The number of hydrogen-bond donors (Lipinski definition) is 1. The van der Waals surface area contributed by atoms with Gasteiger partial charge in [0.2, 0.25) is 0 Å². The third-order valence-corrected chi connectivity index (χ3v) is 3.65. The SMILES string of the molecule is Cc1cc(C)n(CC2CN(C)CCO2)c(=O)c1C(=O)O. The molecule has 6 nitrogen and oxygen atoms in total. The van der Waals surface area contributed by atoms with Crippen LogP contribution < -0.4 is 5.56 Å². The van der Waals surface area contributed by atoms with Crippen molar-refractivity contribution in [1.82, 2.24) is 9.47 Å². The Hall–Kier alpha value is -1.66. The number of morpholine rings is 1. The van der Waals surface area contributed by atoms with E-state index in [2.05, 4.69) is 4.90 Å². The monoisotopic (exact) mass is 280 g/mol. The molecule has 2 heterocycles. The van der Waals surface area contributed by atoms with Crippen LogP contribution in [0.15, 0.2) is 10.9 Å². The van der Waals surface area contributed by atoms with Crippen molar-refractivity contribution in [3.8, 4) is 0 Å². The number of aromatic carboxylic acids is 1. The van der Waals surface area contributed by atoms with E-state index in [0.29, 0.717) is 18.7 Å². The molecule has 1 aliphatic heterocycles. The maximum absolute atomic E-state index is 12.3. The standard InChI is InChI=1S/C14H20N2O4/c1-9-6-10(2)16(13(17)12(9)14(18)19)8-11-7-15(3)4-5-20-11/h6,11H,4-5,7-8H2,1-3H3,(H,18,19). The highest BCUT2D eigenvalue weighted by atomic mass is 16.5. The van der Waals surface area contributed by atoms with Crippen LogP contribution in [0.25, 0.3) is 0 Å². The first kappa shape index (κ1) is 14.7. The fourth-order valence-electron chi connectivity index (χ4n) is 2.60. The quantitative estimate of drug-likeness (QED) is 0.872. The van der Waals surface area contributed by atoms with Crippen LogP contribution in [-0.4, -0.2) is 53.4 Å². The van der Waals surface area contributed by atoms with Gasteiger partial charge < -0.3 is 19.3 Å². The molecule has 1 aromatic rings. The van der Waals surface area contributed by atoms with Crippen molar-refractivity contribution in [2.45, 2.75) is 26.5 Å². The van der Waals surface area contributed by atoms with Gasteiger partial charge in [0.15, 0.2) is 0 Å². The Morgan fingerprint density at radius 3 is 2.80 bits per heavy atom. The number of ether oxygens (including phenoxy) is 1. The van der Waals surface area contributed by atoms with Crippen LogP contribution in [0.5, 0.6) is 0 Å². The fourth-order valence-corrected chi connectivity index (χ4v) is 2.60. The number of aromatic nitrogens is 1. The Balaban J connectivity index is 2.34. The number of hydrogen-bond acceptors (Lipinski definition) is 4. The van der Waals surface area contributed by atoms with Crippen LogP contribution in [0.1, 0.15) is 21.6 Å². The first-order valence-corrected chi connectivity index (χ1v) is 6.64. The minimum absolute atomic E-state index is 0.0884. The summed E-state index contributed by atoms with van der Waals surface area (Å²) in [7, 11) is 2.00. The molecule has 0 spiro atoms. The fraction of sp³-hybridized carbons (Fsp3) is 0.571. The Kier molecular flexibility index (Phi) is 4.25. The van der Waals surface area contributed by atoms with Crippen molar-refractivity contribution in [2.24, 2.45) is 0 Å². The number of carboxylic acids is 1. The summed E-state index contributed by atoms with van der Waals surface area (Å²) in [5, 5.41) is 9.16. The summed E-state index contributed by atoms with van der Waals surface area (Å²) in [6, 6.07) is 1.73. The van der Waals surface area contributed by atoms with Gasteiger partial charge in [0, 0.05) is 18.8 Å². The van der Waals surface area contributed by atoms with Gasteiger partial charge in [-0.3, -0.25) is 4.79 Å². The molecule has 1 atom stereocenters. The predicted molar refractivity (Wildman–Crippen MR) is 74.4 cm³/mol. The van der Waals surface area contributed by atoms with Crippen molar-refractivity contribution >= 4 is 5.97 Å². The van der Waals surface area contributed by atoms with Gasteiger partial charge in [-0.25, -0.2) is 4.79 Å². The van der Waals surface area contributed by atoms with Gasteiger partial charge in [0.05, 0.1) is 19.3 Å². The number of pyridine rings is 1. The largest absolute Gasteiger partial charge is 0.477 e. The molecule has 0 radical (unpaired) electrons. The molecule has 20 heavy (non-hydrogen) atoms. The zero-order valence-corrected chi connectivity index (χ0v) is 12.0. The van der Waals surface area contributed by atoms with Crippen LogP contribution in [0.3, 0.4) is 0 Å². The van der Waals surface area contributed by atoms with Crippen molar-refractivity contribution < 1.29 is 14.6 Å². The van der Waals surface area contributed by atoms with Gasteiger partial charge in [0.1, 0.15) is 5.56 Å². The van der Waals surface area contributed by atoms with Crippen LogP contribution in [-0.2, 0) is 11.3 Å². The number of rotatable bonds is 3. The summed E-state index contributed by atoms with van der Waals surface area (Å²) in [5.41, 5.74) is 0.652. The predicted octanol–water partition coefficient (Wildman–Crippen LogP) is 0.494. The van der Waals surface area contributed by atoms with Gasteiger partial charge in [-0.15, -0.1) is 0 Å². The lowest BCUT2D eigenvalue weighted by Gasteiger charge is -2.30. The van der Waals surface area contributed by atoms with Crippen molar-refractivity contribution in [2.75, 3.05) is 26.7 Å². The summed E-state index contributed by atoms with van der Waals surface area (Å²) in [6.45, 7) is 6.09. The summed E-state index contributed by atoms with van der Waals surface area (Å²) in [4.78, 5) is 25.7. The lowest BCUT2D eigenvalue weighted by Crippen LogP contribution is -2.44. The Labute approximate surface area is 117 Å². The second-order valence-corrected chi connectivity index (χ2v) is 5.32. The van der Waals surface area contributed by atoms with E-state index in [0.717, 1.165) is 18.8 Å². The maximum Gasteiger partial charge on any atom is 0.341 e. The molecule has 1 fully saturated rings. The molecular formula is C14H20N2O4. The summed E-state index contributed by atoms with van der Waals surface area (Å²) >= 11 is 0. The first-order chi connectivity index (χ1) is 9.40. The second-order valence-electron chi connectivity index (χ2n) is 5.32. The number of aryl methyl sites for hydroxylation is 2. The van der Waals surface area contributed by atoms with E-state index in [4.69, 9.17) is 9.84 Å². The van der Waals surface area contributed by atoms with E-state index in [1.807, 2.05) is 14.0 Å². The normalized spacial score (nSPS) is 20.1. The highest BCUT2D eigenvalue weighted by molar-refractivity contribution is 5.88. The molecule has 1 N–H and O–H groups in total. The minimum Gasteiger partial charge on any atom is -0.477 e. The van der Waals surface area contributed by atoms with Gasteiger partial charge in [0.25, 0.3) is 5.56 Å². The van der Waals surface area contributed by atoms with Crippen LogP contribution in [0.4, 0.5) is 0 Å². The van der Waals surface area contributed by atoms with E-state index in [1.165, 1.54) is 4.57 Å². The lowest BCUT2D eigenvalue weighted by atomic mass is 10.1. The smallest absolute Gasteiger partial charge is 0.341 e. The third kappa shape index (κ3) is 2.91. The number of carbonyl (C=O) groups is 1. The van der Waals surface area contributed by atoms with Crippen LogP contribution in [0, 0.1) is 13.8 Å². The highest BCUT2D eigenvalue weighted by Crippen LogP contribution is 2.10. The minimum atomic E-state index is -1.18. The lowest BCUT2D eigenvalue weighted by molar-refractivity contribution is -0.0282. The average Bonchev–Trinajstić information content (AvgIpc) is 2.33. The van der Waals surface area contributed by atoms with Crippen LogP contribution >= 0.6 is 0 Å². The topological polar surface area (TPSA) is 71.8 Å². The van der Waals surface area contributed by atoms with Crippen LogP contribution in [0.2, 0.25) is 0 Å². The second kappa shape index (κ2) is 5.76. The van der Waals surface area contributed by atoms with Crippen molar-refractivity contribution in [3.63, 3.8) is 0 Å². The Bertz CT molecular complexity index is 579. The average molecular weight is 280 g/mol. The summed E-state index contributed by atoms with van der Waals surface area (Å²) in [6.07, 6.45) is -0.0884. The Morgan fingerprint density at radius 2 is 2.20 bits per heavy atom. The molecular weight excluding hydrogens is 260 g/mol.